The van der Waals surface area contributed by atoms with Gasteiger partial charge in [-0.1, -0.05) is 230 Å². The molecule has 0 aliphatic heterocycles. The number of amides is 1. The van der Waals surface area contributed by atoms with Crippen molar-refractivity contribution in [1.82, 2.24) is 5.32 Å². The van der Waals surface area contributed by atoms with Crippen LogP contribution in [0.25, 0.3) is 0 Å². The molecule has 0 saturated heterocycles. The van der Waals surface area contributed by atoms with Crippen molar-refractivity contribution in [2.24, 2.45) is 0 Å². The monoisotopic (exact) mass is 924 g/mol. The van der Waals surface area contributed by atoms with Gasteiger partial charge in [-0.2, -0.15) is 0 Å². The number of hydrogen-bond donors (Lipinski definition) is 3. The molecule has 64 heavy (non-hydrogen) atoms. The van der Waals surface area contributed by atoms with E-state index >= 15 is 0 Å². The molecule has 9 heteroatoms. The summed E-state index contributed by atoms with van der Waals surface area (Å²) in [6, 6.07) is -0.867. The number of aliphatic hydroxyl groups excluding tert-OH is 1. The van der Waals surface area contributed by atoms with Crippen molar-refractivity contribution < 1.29 is 32.9 Å². The summed E-state index contributed by atoms with van der Waals surface area (Å²) in [7, 11) is 1.55. The van der Waals surface area contributed by atoms with E-state index < -0.39 is 20.0 Å². The number of carbonyl (C=O) groups excluding carboxylic acids is 1. The van der Waals surface area contributed by atoms with Gasteiger partial charge in [-0.15, -0.1) is 0 Å². The van der Waals surface area contributed by atoms with Crippen molar-refractivity contribution in [3.8, 4) is 0 Å². The van der Waals surface area contributed by atoms with Crippen LogP contribution in [0, 0.1) is 0 Å². The number of allylic oxidation sites excluding steroid dienone is 5. The summed E-state index contributed by atoms with van der Waals surface area (Å²) >= 11 is 0. The minimum absolute atomic E-state index is 0.0550. The normalized spacial score (nSPS) is 14.3. The Hall–Kier alpha value is -1.28. The number of likely N-dealkylation sites (N-methyl/N-ethyl adjacent to an activating group) is 1. The molecule has 8 nitrogen and oxygen atoms in total. The molecule has 0 fully saturated rings. The minimum atomic E-state index is -4.35. The number of hydrogen-bond acceptors (Lipinski definition) is 5. The van der Waals surface area contributed by atoms with E-state index in [4.69, 9.17) is 9.05 Å². The van der Waals surface area contributed by atoms with Gasteiger partial charge in [0.05, 0.1) is 39.9 Å². The summed E-state index contributed by atoms with van der Waals surface area (Å²) in [5.74, 6) is -0.193. The molecule has 3 unspecified atom stereocenters. The van der Waals surface area contributed by atoms with E-state index in [9.17, 15) is 19.4 Å². The molecule has 0 aromatic heterocycles. The number of phosphoric acid groups is 1. The second-order valence-corrected chi connectivity index (χ2v) is 21.4. The molecule has 0 aliphatic rings. The van der Waals surface area contributed by atoms with Crippen LogP contribution in [0.1, 0.15) is 258 Å². The Labute approximate surface area is 397 Å². The smallest absolute Gasteiger partial charge is 0.387 e. The summed E-state index contributed by atoms with van der Waals surface area (Å²) in [6.07, 6.45) is 59.6. The van der Waals surface area contributed by atoms with Gasteiger partial charge in [0.2, 0.25) is 5.91 Å². The first-order valence-corrected chi connectivity index (χ1v) is 28.9. The average Bonchev–Trinajstić information content (AvgIpc) is 3.25. The standard InChI is InChI=1S/C55H107N2O6P/c1-6-8-10-12-14-16-18-20-22-24-26-27-28-29-30-31-32-34-36-38-40-42-44-46-48-54(58)53(52-63-64(60,61)62-51-50-57(3,4)5)56-55(59)49-47-45-43-41-39-37-35-33-25-23-21-19-17-15-13-11-9-7-2/h33,35,38,40,46,48,53-54,58H,6-32,34,36-37,39,41-45,47,49-52H2,1-5H3,(H-,56,59,60,61)/p+1/b35-33-,40-38+,48-46+. The summed E-state index contributed by atoms with van der Waals surface area (Å²) in [6.45, 7) is 4.81. The molecule has 0 heterocycles. The molecule has 0 saturated carbocycles. The molecule has 0 aliphatic carbocycles. The predicted molar refractivity (Wildman–Crippen MR) is 277 cm³/mol. The lowest BCUT2D eigenvalue weighted by atomic mass is 10.0. The summed E-state index contributed by atoms with van der Waals surface area (Å²) < 4.78 is 23.7. The van der Waals surface area contributed by atoms with Crippen molar-refractivity contribution in [3.63, 3.8) is 0 Å². The van der Waals surface area contributed by atoms with Crippen LogP contribution in [0.3, 0.4) is 0 Å². The highest BCUT2D eigenvalue weighted by molar-refractivity contribution is 7.47. The van der Waals surface area contributed by atoms with Gasteiger partial charge in [-0.25, -0.2) is 4.57 Å². The third kappa shape index (κ3) is 48.6. The Morgan fingerprint density at radius 3 is 1.25 bits per heavy atom. The molecule has 0 aromatic carbocycles. The molecule has 3 N–H and O–H groups in total. The Bertz CT molecular complexity index is 1140. The third-order valence-electron chi connectivity index (χ3n) is 12.3. The first-order chi connectivity index (χ1) is 31.0. The Balaban J connectivity index is 4.30. The van der Waals surface area contributed by atoms with Gasteiger partial charge in [-0.05, 0) is 57.8 Å². The Morgan fingerprint density at radius 2 is 0.859 bits per heavy atom. The quantitative estimate of drug-likeness (QED) is 0.0243. The van der Waals surface area contributed by atoms with Gasteiger partial charge >= 0.3 is 7.82 Å². The van der Waals surface area contributed by atoms with Crippen LogP contribution >= 0.6 is 7.82 Å². The third-order valence-corrected chi connectivity index (χ3v) is 13.3. The van der Waals surface area contributed by atoms with Crippen molar-refractivity contribution in [2.45, 2.75) is 270 Å². The highest BCUT2D eigenvalue weighted by Gasteiger charge is 2.27. The number of phosphoric ester groups is 1. The molecule has 0 bridgehead atoms. The first kappa shape index (κ1) is 62.7. The Morgan fingerprint density at radius 1 is 0.516 bits per heavy atom. The zero-order valence-electron chi connectivity index (χ0n) is 43.0. The van der Waals surface area contributed by atoms with Crippen molar-refractivity contribution in [3.05, 3.63) is 36.5 Å². The maximum absolute atomic E-state index is 12.9. The maximum atomic E-state index is 12.9. The van der Waals surface area contributed by atoms with E-state index in [0.29, 0.717) is 17.4 Å². The largest absolute Gasteiger partial charge is 0.472 e. The molecule has 3 atom stereocenters. The summed E-state index contributed by atoms with van der Waals surface area (Å²) in [5, 5.41) is 13.9. The molecule has 0 rings (SSSR count). The zero-order chi connectivity index (χ0) is 47.1. The number of nitrogens with one attached hydrogen (secondary N) is 1. The molecule has 378 valence electrons. The molecular weight excluding hydrogens is 816 g/mol. The topological polar surface area (TPSA) is 105 Å². The maximum Gasteiger partial charge on any atom is 0.472 e. The molecule has 0 aromatic rings. The van der Waals surface area contributed by atoms with Crippen LogP contribution in [0.15, 0.2) is 36.5 Å². The zero-order valence-corrected chi connectivity index (χ0v) is 43.9. The van der Waals surface area contributed by atoms with Gasteiger partial charge in [0.25, 0.3) is 0 Å². The number of nitrogens with zero attached hydrogens (tertiary/aromatic N) is 1. The van der Waals surface area contributed by atoms with Crippen LogP contribution < -0.4 is 5.32 Å². The van der Waals surface area contributed by atoms with E-state index in [1.165, 1.54) is 186 Å². The molecule has 1 amide bonds. The molecular formula is C55H108N2O6P+. The number of aliphatic hydroxyl groups is 1. The van der Waals surface area contributed by atoms with Gasteiger partial charge < -0.3 is 19.8 Å². The lowest BCUT2D eigenvalue weighted by molar-refractivity contribution is -0.870. The second kappa shape index (κ2) is 46.8. The number of quaternary nitrogens is 1. The van der Waals surface area contributed by atoms with Gasteiger partial charge in [0.1, 0.15) is 13.2 Å². The van der Waals surface area contributed by atoms with Gasteiger partial charge in [0.15, 0.2) is 0 Å². The SMILES string of the molecule is CCCCCCCCCCC/C=C\CCCCCCCC(=O)NC(COP(=O)(O)OCC[N+](C)(C)C)C(O)/C=C/CC/C=C/CCCCCCCCCCCCCCCCCCCC. The van der Waals surface area contributed by atoms with Crippen LogP contribution in [0.5, 0.6) is 0 Å². The highest BCUT2D eigenvalue weighted by atomic mass is 31.2. The highest BCUT2D eigenvalue weighted by Crippen LogP contribution is 2.43. The minimum Gasteiger partial charge on any atom is -0.387 e. The molecule has 0 radical (unpaired) electrons. The number of carbonyl (C=O) groups is 1. The van der Waals surface area contributed by atoms with E-state index in [2.05, 4.69) is 43.5 Å². The number of unbranched alkanes of at least 4 members (excludes halogenated alkanes) is 33. The van der Waals surface area contributed by atoms with Crippen LogP contribution in [-0.2, 0) is 18.4 Å². The lowest BCUT2D eigenvalue weighted by Crippen LogP contribution is -2.45. The van der Waals surface area contributed by atoms with E-state index in [0.717, 1.165) is 51.4 Å². The summed E-state index contributed by atoms with van der Waals surface area (Å²) in [4.78, 5) is 23.2. The fourth-order valence-electron chi connectivity index (χ4n) is 7.99. The first-order valence-electron chi connectivity index (χ1n) is 27.4. The van der Waals surface area contributed by atoms with Crippen molar-refractivity contribution >= 4 is 13.7 Å². The van der Waals surface area contributed by atoms with Crippen LogP contribution in [0.2, 0.25) is 0 Å². The van der Waals surface area contributed by atoms with E-state index in [1.54, 1.807) is 6.08 Å². The fraction of sp³-hybridized carbons (Fsp3) is 0.873. The lowest BCUT2D eigenvalue weighted by Gasteiger charge is -2.25. The Kier molecular flexibility index (Phi) is 45.9. The predicted octanol–water partition coefficient (Wildman–Crippen LogP) is 16.2. The van der Waals surface area contributed by atoms with Gasteiger partial charge in [0, 0.05) is 6.42 Å². The second-order valence-electron chi connectivity index (χ2n) is 19.9. The average molecular weight is 924 g/mol. The fourth-order valence-corrected chi connectivity index (χ4v) is 8.73. The van der Waals surface area contributed by atoms with E-state index in [1.807, 2.05) is 27.2 Å². The van der Waals surface area contributed by atoms with Crippen LogP contribution in [0.4, 0.5) is 0 Å². The summed E-state index contributed by atoms with van der Waals surface area (Å²) in [5.41, 5.74) is 0. The van der Waals surface area contributed by atoms with Crippen molar-refractivity contribution in [1.29, 1.82) is 0 Å². The van der Waals surface area contributed by atoms with Crippen molar-refractivity contribution in [2.75, 3.05) is 40.9 Å². The number of rotatable bonds is 50. The van der Waals surface area contributed by atoms with Gasteiger partial charge in [-0.3, -0.25) is 13.8 Å². The molecule has 0 spiro atoms. The van der Waals surface area contributed by atoms with E-state index in [-0.39, 0.29) is 19.1 Å². The van der Waals surface area contributed by atoms with Crippen LogP contribution in [-0.4, -0.2) is 73.4 Å².